The van der Waals surface area contributed by atoms with Gasteiger partial charge in [0.25, 0.3) is 0 Å². The maximum Gasteiger partial charge on any atom is 0.339 e. The number of nitrogens with zero attached hydrogens (tertiary/aromatic N) is 3. The van der Waals surface area contributed by atoms with Crippen LogP contribution < -0.4 is 5.32 Å². The third-order valence-electron chi connectivity index (χ3n) is 6.04. The minimum Gasteiger partial charge on any atom is -0.465 e. The summed E-state index contributed by atoms with van der Waals surface area (Å²) in [7, 11) is -2.42. The Hall–Kier alpha value is -3.37. The van der Waals surface area contributed by atoms with Crippen molar-refractivity contribution in [3.8, 4) is 0 Å². The molecule has 1 fully saturated rings. The third-order valence-corrected chi connectivity index (χ3v) is 7.93. The number of carbonyl (C=O) groups is 2. The molecule has 180 valence electrons. The number of carbonyl (C=O) groups excluding carboxylic acids is 2. The van der Waals surface area contributed by atoms with Gasteiger partial charge in [-0.25, -0.2) is 18.0 Å². The van der Waals surface area contributed by atoms with Crippen LogP contribution in [0, 0.1) is 0 Å². The Balaban J connectivity index is 1.47. The van der Waals surface area contributed by atoms with Crippen molar-refractivity contribution in [1.29, 1.82) is 0 Å². The summed E-state index contributed by atoms with van der Waals surface area (Å²) in [4.78, 5) is 26.7. The van der Waals surface area contributed by atoms with E-state index in [9.17, 15) is 18.0 Å². The molecule has 0 radical (unpaired) electrons. The quantitative estimate of drug-likeness (QED) is 0.560. The van der Waals surface area contributed by atoms with Crippen molar-refractivity contribution in [2.24, 2.45) is 0 Å². The summed E-state index contributed by atoms with van der Waals surface area (Å²) < 4.78 is 34.9. The van der Waals surface area contributed by atoms with Crippen LogP contribution in [-0.2, 0) is 21.3 Å². The number of hydrogen-bond donors (Lipinski definition) is 1. The number of nitrogens with one attached hydrogen (secondary N) is 1. The van der Waals surface area contributed by atoms with Gasteiger partial charge in [0, 0.05) is 49.8 Å². The van der Waals surface area contributed by atoms with Crippen LogP contribution in [0.2, 0.25) is 0 Å². The summed E-state index contributed by atoms with van der Waals surface area (Å²) in [6, 6.07) is 13.3. The molecule has 1 aliphatic rings. The summed E-state index contributed by atoms with van der Waals surface area (Å²) in [5.74, 6) is -0.546. The minimum absolute atomic E-state index is 0.183. The molecule has 2 amide bonds. The van der Waals surface area contributed by atoms with Crippen LogP contribution in [0.15, 0.2) is 59.6 Å². The molecular formula is C24H28N4O5S. The number of rotatable bonds is 5. The van der Waals surface area contributed by atoms with E-state index in [1.54, 1.807) is 41.3 Å². The van der Waals surface area contributed by atoms with Crippen molar-refractivity contribution in [3.63, 3.8) is 0 Å². The van der Waals surface area contributed by atoms with Gasteiger partial charge < -0.3 is 19.5 Å². The first kappa shape index (κ1) is 23.8. The Kier molecular flexibility index (Phi) is 6.90. The smallest absolute Gasteiger partial charge is 0.339 e. The Morgan fingerprint density at radius 3 is 2.59 bits per heavy atom. The van der Waals surface area contributed by atoms with Crippen LogP contribution in [0.4, 0.5) is 10.5 Å². The first-order valence-corrected chi connectivity index (χ1v) is 12.6. The van der Waals surface area contributed by atoms with Crippen LogP contribution in [-0.4, -0.2) is 67.5 Å². The number of anilines is 1. The van der Waals surface area contributed by atoms with Gasteiger partial charge in [0.15, 0.2) is 0 Å². The fourth-order valence-electron chi connectivity index (χ4n) is 4.18. The topological polar surface area (TPSA) is 101 Å². The predicted octanol–water partition coefficient (Wildman–Crippen LogP) is 3.38. The highest BCUT2D eigenvalue weighted by atomic mass is 32.2. The van der Waals surface area contributed by atoms with E-state index in [1.807, 2.05) is 25.3 Å². The molecule has 9 nitrogen and oxygen atoms in total. The normalized spacial score (nSPS) is 15.2. The monoisotopic (exact) mass is 484 g/mol. The first-order valence-electron chi connectivity index (χ1n) is 11.2. The van der Waals surface area contributed by atoms with Gasteiger partial charge in [-0.05, 0) is 49.7 Å². The maximum absolute atomic E-state index is 13.3. The van der Waals surface area contributed by atoms with E-state index in [2.05, 4.69) is 9.88 Å². The lowest BCUT2D eigenvalue weighted by Crippen LogP contribution is -2.39. The number of aromatic nitrogens is 1. The van der Waals surface area contributed by atoms with Crippen molar-refractivity contribution in [1.82, 2.24) is 13.8 Å². The molecule has 0 bridgehead atoms. The van der Waals surface area contributed by atoms with Gasteiger partial charge in [-0.1, -0.05) is 12.1 Å². The zero-order chi connectivity index (χ0) is 24.3. The Bertz CT molecular complexity index is 1320. The fourth-order valence-corrected chi connectivity index (χ4v) is 5.68. The molecule has 0 atom stereocenters. The number of hydrogen-bond acceptors (Lipinski definition) is 5. The molecule has 1 aliphatic heterocycles. The molecule has 1 N–H and O–H groups in total. The van der Waals surface area contributed by atoms with E-state index in [4.69, 9.17) is 4.74 Å². The molecule has 0 saturated carbocycles. The predicted molar refractivity (Wildman–Crippen MR) is 129 cm³/mol. The van der Waals surface area contributed by atoms with E-state index in [1.165, 1.54) is 11.4 Å². The van der Waals surface area contributed by atoms with Crippen LogP contribution >= 0.6 is 0 Å². The van der Waals surface area contributed by atoms with E-state index >= 15 is 0 Å². The second-order valence-corrected chi connectivity index (χ2v) is 9.97. The van der Waals surface area contributed by atoms with Crippen LogP contribution in [0.1, 0.15) is 23.7 Å². The third kappa shape index (κ3) is 4.64. The number of sulfonamides is 1. The molecule has 2 heterocycles. The molecule has 10 heteroatoms. The number of benzene rings is 2. The highest BCUT2D eigenvalue weighted by Gasteiger charge is 2.29. The van der Waals surface area contributed by atoms with Gasteiger partial charge in [0.2, 0.25) is 10.0 Å². The van der Waals surface area contributed by atoms with Crippen molar-refractivity contribution in [2.75, 3.05) is 38.6 Å². The Morgan fingerprint density at radius 2 is 1.82 bits per heavy atom. The van der Waals surface area contributed by atoms with E-state index < -0.39 is 22.0 Å². The number of urea groups is 1. The van der Waals surface area contributed by atoms with E-state index in [-0.39, 0.29) is 23.5 Å². The number of esters is 1. The Labute approximate surface area is 198 Å². The van der Waals surface area contributed by atoms with Crippen molar-refractivity contribution in [2.45, 2.75) is 24.8 Å². The van der Waals surface area contributed by atoms with Gasteiger partial charge in [-0.3, -0.25) is 0 Å². The van der Waals surface area contributed by atoms with Crippen molar-refractivity contribution in [3.05, 3.63) is 60.3 Å². The average molecular weight is 485 g/mol. The van der Waals surface area contributed by atoms with Crippen molar-refractivity contribution < 1.29 is 22.7 Å². The summed E-state index contributed by atoms with van der Waals surface area (Å²) in [5, 5.41) is 3.63. The lowest BCUT2D eigenvalue weighted by molar-refractivity contribution is 0.0602. The summed E-state index contributed by atoms with van der Waals surface area (Å²) in [5.41, 5.74) is 1.59. The highest BCUT2D eigenvalue weighted by molar-refractivity contribution is 7.89. The highest BCUT2D eigenvalue weighted by Crippen LogP contribution is 2.24. The maximum atomic E-state index is 13.3. The summed E-state index contributed by atoms with van der Waals surface area (Å²) in [6.07, 6.45) is 2.45. The Morgan fingerprint density at radius 1 is 1.03 bits per heavy atom. The van der Waals surface area contributed by atoms with Gasteiger partial charge in [-0.2, -0.15) is 4.31 Å². The molecule has 4 rings (SSSR count). The molecule has 0 unspecified atom stereocenters. The number of aryl methyl sites for hydroxylation is 1. The minimum atomic E-state index is -3.70. The summed E-state index contributed by atoms with van der Waals surface area (Å²) >= 11 is 0. The van der Waals surface area contributed by atoms with Gasteiger partial charge in [-0.15, -0.1) is 0 Å². The average Bonchev–Trinajstić information content (AvgIpc) is 3.09. The molecule has 0 spiro atoms. The van der Waals surface area contributed by atoms with Crippen molar-refractivity contribution >= 4 is 38.6 Å². The second-order valence-electron chi connectivity index (χ2n) is 8.03. The van der Waals surface area contributed by atoms with Gasteiger partial charge in [0.1, 0.15) is 0 Å². The number of ether oxygens (including phenoxy) is 1. The lowest BCUT2D eigenvalue weighted by Gasteiger charge is -2.23. The zero-order valence-corrected chi connectivity index (χ0v) is 20.0. The lowest BCUT2D eigenvalue weighted by atomic mass is 10.2. The molecule has 2 aromatic carbocycles. The van der Waals surface area contributed by atoms with E-state index in [0.717, 1.165) is 17.4 Å². The zero-order valence-electron chi connectivity index (χ0n) is 19.2. The molecule has 3 aromatic rings. The van der Waals surface area contributed by atoms with Crippen LogP contribution in [0.3, 0.4) is 0 Å². The first-order chi connectivity index (χ1) is 16.3. The number of fused-ring (bicyclic) bond motifs is 1. The molecule has 1 saturated heterocycles. The van der Waals surface area contributed by atoms with E-state index in [0.29, 0.717) is 25.2 Å². The second kappa shape index (κ2) is 9.86. The van der Waals surface area contributed by atoms with Crippen LogP contribution in [0.25, 0.3) is 10.9 Å². The molecule has 34 heavy (non-hydrogen) atoms. The van der Waals surface area contributed by atoms with Gasteiger partial charge in [0.05, 0.1) is 23.3 Å². The fraction of sp³-hybridized carbons (Fsp3) is 0.333. The number of methoxy groups -OCH3 is 1. The molecular weight excluding hydrogens is 456 g/mol. The molecule has 1 aromatic heterocycles. The largest absolute Gasteiger partial charge is 0.465 e. The number of para-hydroxylation sites is 1. The standard InChI is InChI=1S/C24H28N4O5S/c1-3-26-14-11-18-17-19(9-10-22(18)26)34(31,32)28-13-6-12-27(15-16-28)24(30)25-21-8-5-4-7-20(21)23(29)33-2/h4-5,7-11,14,17H,3,6,12-13,15-16H2,1-2H3,(H,25,30). The van der Waals surface area contributed by atoms with Gasteiger partial charge >= 0.3 is 12.0 Å². The SMILES string of the molecule is CCn1ccc2cc(S(=O)(=O)N3CCCN(C(=O)Nc4ccccc4C(=O)OC)CC3)ccc21. The number of amides is 2. The summed E-state index contributed by atoms with van der Waals surface area (Å²) in [6.45, 7) is 3.98. The molecule has 0 aliphatic carbocycles. The van der Waals surface area contributed by atoms with Crippen LogP contribution in [0.5, 0.6) is 0 Å².